The highest BCUT2D eigenvalue weighted by Gasteiger charge is 2.24. The summed E-state index contributed by atoms with van der Waals surface area (Å²) in [5.74, 6) is 1.60. The molecule has 6 aromatic rings. The maximum Gasteiger partial charge on any atom is 0.128 e. The van der Waals surface area contributed by atoms with Crippen LogP contribution in [0.15, 0.2) is 109 Å². The van der Waals surface area contributed by atoms with Crippen LogP contribution in [0.2, 0.25) is 0 Å². The second-order valence-corrected chi connectivity index (χ2v) is 15.4. The van der Waals surface area contributed by atoms with Gasteiger partial charge in [0, 0.05) is 72.0 Å². The zero-order valence-corrected chi connectivity index (χ0v) is 32.5. The molecule has 53 heavy (non-hydrogen) atoms. The van der Waals surface area contributed by atoms with Crippen molar-refractivity contribution in [3.05, 3.63) is 132 Å². The SMILES string of the molecule is Cc1ccc(CN(CC(O)COc2cccc3[nH]ccc23)C(C)(C)C)cc1.Cc1ccc(CN(CC(O)COc2cccc3[nH]ccc23)C(C)C)cc1. The third-order valence-corrected chi connectivity index (χ3v) is 9.53. The van der Waals surface area contributed by atoms with Gasteiger partial charge in [-0.1, -0.05) is 71.8 Å². The van der Waals surface area contributed by atoms with Gasteiger partial charge in [-0.05, 0) is 96.0 Å². The van der Waals surface area contributed by atoms with E-state index in [1.165, 1.54) is 22.3 Å². The van der Waals surface area contributed by atoms with E-state index in [-0.39, 0.29) is 18.8 Å². The average molecular weight is 719 g/mol. The summed E-state index contributed by atoms with van der Waals surface area (Å²) in [7, 11) is 0. The number of H-pyrrole nitrogens is 2. The molecule has 8 nitrogen and oxygen atoms in total. The number of nitrogens with zero attached hydrogens (tertiary/aromatic N) is 2. The molecular formula is C45H58N4O4. The fraction of sp³-hybridized carbons (Fsp3) is 0.378. The standard InChI is InChI=1S/C23H30N2O2.C22H28N2O2/c1-17-8-10-18(11-9-17)14-25(23(2,3)4)15-19(26)16-27-22-7-5-6-21-20(22)12-13-24-21;1-16(2)24(13-18-9-7-17(3)8-10-18)14-19(25)15-26-22-6-4-5-21-20(22)11-12-23-21/h5-13,19,24,26H,14-16H2,1-4H3;4-12,16,19,23,25H,13-15H2,1-3H3. The zero-order valence-electron chi connectivity index (χ0n) is 32.5. The van der Waals surface area contributed by atoms with Crippen LogP contribution in [0.4, 0.5) is 0 Å². The Hall–Kier alpha value is -4.60. The quantitative estimate of drug-likeness (QED) is 0.0849. The van der Waals surface area contributed by atoms with E-state index >= 15 is 0 Å². The van der Waals surface area contributed by atoms with Crippen molar-refractivity contribution in [2.75, 3.05) is 26.3 Å². The minimum Gasteiger partial charge on any atom is -0.490 e. The molecule has 6 rings (SSSR count). The Morgan fingerprint density at radius 1 is 0.604 bits per heavy atom. The van der Waals surface area contributed by atoms with Crippen LogP contribution in [0.3, 0.4) is 0 Å². The summed E-state index contributed by atoms with van der Waals surface area (Å²) in [5, 5.41) is 23.2. The van der Waals surface area contributed by atoms with E-state index in [9.17, 15) is 10.2 Å². The molecule has 0 radical (unpaired) electrons. The number of hydrogen-bond acceptors (Lipinski definition) is 6. The first-order valence-electron chi connectivity index (χ1n) is 18.7. The number of aliphatic hydroxyl groups excluding tert-OH is 2. The predicted molar refractivity (Wildman–Crippen MR) is 218 cm³/mol. The van der Waals surface area contributed by atoms with Crippen molar-refractivity contribution in [2.45, 2.75) is 85.3 Å². The van der Waals surface area contributed by atoms with Crippen LogP contribution in [-0.2, 0) is 13.1 Å². The van der Waals surface area contributed by atoms with E-state index in [4.69, 9.17) is 9.47 Å². The van der Waals surface area contributed by atoms with Crippen molar-refractivity contribution in [1.29, 1.82) is 0 Å². The number of hydrogen-bond donors (Lipinski definition) is 4. The lowest BCUT2D eigenvalue weighted by Crippen LogP contribution is -2.46. The Kier molecular flexibility index (Phi) is 13.8. The highest BCUT2D eigenvalue weighted by atomic mass is 16.5. The largest absolute Gasteiger partial charge is 0.490 e. The Balaban J connectivity index is 0.000000204. The van der Waals surface area contributed by atoms with Gasteiger partial charge in [0.05, 0.1) is 0 Å². The first-order valence-corrected chi connectivity index (χ1v) is 18.7. The fourth-order valence-electron chi connectivity index (χ4n) is 6.24. The Morgan fingerprint density at radius 2 is 1.06 bits per heavy atom. The van der Waals surface area contributed by atoms with Crippen molar-refractivity contribution in [2.24, 2.45) is 0 Å². The summed E-state index contributed by atoms with van der Waals surface area (Å²) in [6.45, 7) is 18.3. The first kappa shape index (κ1) is 39.6. The molecule has 0 amide bonds. The van der Waals surface area contributed by atoms with Gasteiger partial charge in [0.15, 0.2) is 0 Å². The van der Waals surface area contributed by atoms with Crippen molar-refractivity contribution in [3.8, 4) is 11.5 Å². The van der Waals surface area contributed by atoms with Gasteiger partial charge in [0.1, 0.15) is 36.9 Å². The summed E-state index contributed by atoms with van der Waals surface area (Å²) in [6, 6.07) is 33.3. The molecule has 0 fully saturated rings. The van der Waals surface area contributed by atoms with Gasteiger partial charge in [0.25, 0.3) is 0 Å². The molecule has 0 aliphatic carbocycles. The molecule has 4 aromatic carbocycles. The van der Waals surface area contributed by atoms with Crippen molar-refractivity contribution >= 4 is 21.8 Å². The number of aromatic nitrogens is 2. The lowest BCUT2D eigenvalue weighted by atomic mass is 10.0. The molecule has 4 N–H and O–H groups in total. The van der Waals surface area contributed by atoms with Crippen LogP contribution in [0.1, 0.15) is 56.9 Å². The van der Waals surface area contributed by atoms with Crippen LogP contribution in [0.25, 0.3) is 21.8 Å². The van der Waals surface area contributed by atoms with Gasteiger partial charge < -0.3 is 29.7 Å². The monoisotopic (exact) mass is 718 g/mol. The maximum absolute atomic E-state index is 10.6. The third kappa shape index (κ3) is 11.7. The number of ether oxygens (including phenoxy) is 2. The Bertz CT molecular complexity index is 1970. The zero-order chi connectivity index (χ0) is 38.0. The van der Waals surface area contributed by atoms with Crippen molar-refractivity contribution in [3.63, 3.8) is 0 Å². The van der Waals surface area contributed by atoms with Crippen LogP contribution in [0, 0.1) is 13.8 Å². The number of fused-ring (bicyclic) bond motifs is 2. The van der Waals surface area contributed by atoms with Crippen LogP contribution in [-0.4, -0.2) is 80.1 Å². The van der Waals surface area contributed by atoms with Crippen molar-refractivity contribution in [1.82, 2.24) is 19.8 Å². The number of rotatable bonds is 15. The molecular weight excluding hydrogens is 661 g/mol. The maximum atomic E-state index is 10.6. The molecule has 282 valence electrons. The third-order valence-electron chi connectivity index (χ3n) is 9.53. The van der Waals surface area contributed by atoms with Gasteiger partial charge in [-0.3, -0.25) is 9.80 Å². The molecule has 0 aliphatic rings. The van der Waals surface area contributed by atoms with Gasteiger partial charge in [-0.15, -0.1) is 0 Å². The van der Waals surface area contributed by atoms with E-state index in [0.717, 1.165) is 46.4 Å². The van der Waals surface area contributed by atoms with E-state index in [2.05, 4.69) is 117 Å². The van der Waals surface area contributed by atoms with Gasteiger partial charge in [-0.2, -0.15) is 0 Å². The van der Waals surface area contributed by atoms with Crippen LogP contribution in [0.5, 0.6) is 11.5 Å². The summed E-state index contributed by atoms with van der Waals surface area (Å²) in [6.07, 6.45) is 2.69. The van der Waals surface area contributed by atoms with Gasteiger partial charge >= 0.3 is 0 Å². The van der Waals surface area contributed by atoms with Crippen molar-refractivity contribution < 1.29 is 19.7 Å². The van der Waals surface area contributed by atoms with E-state index in [0.29, 0.717) is 19.1 Å². The van der Waals surface area contributed by atoms with Gasteiger partial charge in [0.2, 0.25) is 0 Å². The molecule has 0 saturated heterocycles. The minimum absolute atomic E-state index is 0.0491. The molecule has 0 spiro atoms. The van der Waals surface area contributed by atoms with Crippen LogP contribution < -0.4 is 9.47 Å². The Morgan fingerprint density at radius 3 is 1.51 bits per heavy atom. The van der Waals surface area contributed by atoms with Crippen LogP contribution >= 0.6 is 0 Å². The minimum atomic E-state index is -0.566. The second kappa shape index (κ2) is 18.4. The Labute approximate surface area is 315 Å². The number of aryl methyl sites for hydroxylation is 2. The highest BCUT2D eigenvalue weighted by Crippen LogP contribution is 2.26. The van der Waals surface area contributed by atoms with E-state index < -0.39 is 12.2 Å². The number of benzene rings is 4. The number of aromatic amines is 2. The molecule has 2 aromatic heterocycles. The summed E-state index contributed by atoms with van der Waals surface area (Å²) in [4.78, 5) is 10.9. The molecule has 0 bridgehead atoms. The van der Waals surface area contributed by atoms with Gasteiger partial charge in [-0.25, -0.2) is 0 Å². The molecule has 2 heterocycles. The number of nitrogens with one attached hydrogen (secondary N) is 2. The molecule has 2 unspecified atom stereocenters. The average Bonchev–Trinajstić information content (AvgIpc) is 3.82. The summed E-state index contributed by atoms with van der Waals surface area (Å²) < 4.78 is 11.8. The molecule has 0 saturated carbocycles. The second-order valence-electron chi connectivity index (χ2n) is 15.4. The molecule has 8 heteroatoms. The lowest BCUT2D eigenvalue weighted by molar-refractivity contribution is 0.0288. The van der Waals surface area contributed by atoms with E-state index in [1.54, 1.807) is 0 Å². The summed E-state index contributed by atoms with van der Waals surface area (Å²) in [5.41, 5.74) is 7.06. The number of β-amino-alcohol motifs (C(OH)–C–C–N with tert-alkyl or cyclic N) is 1. The normalized spacial score (nSPS) is 13.1. The lowest BCUT2D eigenvalue weighted by Gasteiger charge is -2.37. The predicted octanol–water partition coefficient (Wildman–Crippen LogP) is 8.64. The van der Waals surface area contributed by atoms with E-state index in [1.807, 2.05) is 60.9 Å². The fourth-order valence-corrected chi connectivity index (χ4v) is 6.24. The molecule has 0 aliphatic heterocycles. The highest BCUT2D eigenvalue weighted by molar-refractivity contribution is 5.86. The number of aliphatic hydroxyl groups is 2. The smallest absolute Gasteiger partial charge is 0.128 e. The molecule has 2 atom stereocenters. The summed E-state index contributed by atoms with van der Waals surface area (Å²) >= 11 is 0. The topological polar surface area (TPSA) is 97.0 Å². The first-order chi connectivity index (χ1) is 25.4.